The summed E-state index contributed by atoms with van der Waals surface area (Å²) in [4.78, 5) is 3.79. The highest BCUT2D eigenvalue weighted by Gasteiger charge is 2.16. The van der Waals surface area contributed by atoms with Crippen molar-refractivity contribution in [3.63, 3.8) is 0 Å². The molecule has 1 atom stereocenters. The van der Waals surface area contributed by atoms with E-state index in [0.29, 0.717) is 5.02 Å². The van der Waals surface area contributed by atoms with E-state index in [9.17, 15) is 8.78 Å². The molecule has 0 saturated carbocycles. The third kappa shape index (κ3) is 3.49. The quantitative estimate of drug-likeness (QED) is 0.739. The Balaban J connectivity index is 2.58. The molecule has 1 heterocycles. The van der Waals surface area contributed by atoms with Gasteiger partial charge in [0.15, 0.2) is 0 Å². The summed E-state index contributed by atoms with van der Waals surface area (Å²) in [5.74, 6) is 0.221. The SMILES string of the molecule is Nc1cc(Cl)cnc1NCC(O)C(F)F. The number of hydrogen-bond acceptors (Lipinski definition) is 4. The molecule has 0 aromatic carbocycles. The van der Waals surface area contributed by atoms with Crippen LogP contribution in [0.5, 0.6) is 0 Å². The molecule has 1 unspecified atom stereocenters. The van der Waals surface area contributed by atoms with Gasteiger partial charge < -0.3 is 16.2 Å². The first-order valence-corrected chi connectivity index (χ1v) is 4.49. The van der Waals surface area contributed by atoms with Gasteiger partial charge in [-0.3, -0.25) is 0 Å². The van der Waals surface area contributed by atoms with Gasteiger partial charge in [0, 0.05) is 12.7 Å². The molecule has 0 amide bonds. The molecule has 1 aromatic heterocycles. The van der Waals surface area contributed by atoms with Gasteiger partial charge in [-0.1, -0.05) is 11.6 Å². The largest absolute Gasteiger partial charge is 0.396 e. The van der Waals surface area contributed by atoms with Crippen LogP contribution in [-0.2, 0) is 0 Å². The lowest BCUT2D eigenvalue weighted by Gasteiger charge is -2.12. The molecule has 0 aliphatic carbocycles. The number of aliphatic hydroxyl groups excluding tert-OH is 1. The first-order valence-electron chi connectivity index (χ1n) is 4.12. The fraction of sp³-hybridized carbons (Fsp3) is 0.375. The fourth-order valence-electron chi connectivity index (χ4n) is 0.893. The highest BCUT2D eigenvalue weighted by Crippen LogP contribution is 2.19. The molecule has 0 radical (unpaired) electrons. The highest BCUT2D eigenvalue weighted by atomic mass is 35.5. The predicted octanol–water partition coefficient (Wildman–Crippen LogP) is 1.36. The summed E-state index contributed by atoms with van der Waals surface area (Å²) in [5, 5.41) is 11.7. The van der Waals surface area contributed by atoms with Crippen LogP contribution in [0.25, 0.3) is 0 Å². The number of rotatable bonds is 4. The van der Waals surface area contributed by atoms with Crippen LogP contribution >= 0.6 is 11.6 Å². The van der Waals surface area contributed by atoms with E-state index in [1.165, 1.54) is 12.3 Å². The van der Waals surface area contributed by atoms with Crippen LogP contribution in [0, 0.1) is 0 Å². The van der Waals surface area contributed by atoms with Crippen molar-refractivity contribution in [2.75, 3.05) is 17.6 Å². The van der Waals surface area contributed by atoms with E-state index >= 15 is 0 Å². The average molecular weight is 238 g/mol. The van der Waals surface area contributed by atoms with Crippen LogP contribution < -0.4 is 11.1 Å². The summed E-state index contributed by atoms with van der Waals surface area (Å²) < 4.78 is 23.9. The molecule has 0 aliphatic heterocycles. The molecule has 84 valence electrons. The van der Waals surface area contributed by atoms with Crippen LogP contribution in [0.3, 0.4) is 0 Å². The molecule has 0 saturated heterocycles. The van der Waals surface area contributed by atoms with Crippen LogP contribution in [0.15, 0.2) is 12.3 Å². The van der Waals surface area contributed by atoms with Crippen LogP contribution in [0.4, 0.5) is 20.3 Å². The van der Waals surface area contributed by atoms with Crippen molar-refractivity contribution in [3.8, 4) is 0 Å². The van der Waals surface area contributed by atoms with Crippen molar-refractivity contribution < 1.29 is 13.9 Å². The molecule has 1 aromatic rings. The highest BCUT2D eigenvalue weighted by molar-refractivity contribution is 6.30. The number of anilines is 2. The number of nitrogens with one attached hydrogen (secondary N) is 1. The zero-order chi connectivity index (χ0) is 11.4. The van der Waals surface area contributed by atoms with Crippen molar-refractivity contribution in [3.05, 3.63) is 17.3 Å². The number of pyridine rings is 1. The second kappa shape index (κ2) is 5.09. The smallest absolute Gasteiger partial charge is 0.265 e. The zero-order valence-corrected chi connectivity index (χ0v) is 8.38. The summed E-state index contributed by atoms with van der Waals surface area (Å²) in [6.07, 6.45) is -3.22. The Labute approximate surface area is 90.1 Å². The number of nitrogens with zero attached hydrogens (tertiary/aromatic N) is 1. The lowest BCUT2D eigenvalue weighted by Crippen LogP contribution is -2.27. The second-order valence-electron chi connectivity index (χ2n) is 2.87. The average Bonchev–Trinajstić information content (AvgIpc) is 2.15. The number of aliphatic hydroxyl groups is 1. The Morgan fingerprint density at radius 2 is 2.27 bits per heavy atom. The molecule has 0 fully saturated rings. The van der Waals surface area contributed by atoms with E-state index in [1.807, 2.05) is 0 Å². The zero-order valence-electron chi connectivity index (χ0n) is 7.62. The first kappa shape index (κ1) is 11.9. The lowest BCUT2D eigenvalue weighted by molar-refractivity contribution is 0.00381. The topological polar surface area (TPSA) is 71.2 Å². The van der Waals surface area contributed by atoms with E-state index in [-0.39, 0.29) is 18.1 Å². The molecule has 15 heavy (non-hydrogen) atoms. The van der Waals surface area contributed by atoms with Crippen molar-refractivity contribution in [2.24, 2.45) is 0 Å². The van der Waals surface area contributed by atoms with Gasteiger partial charge in [0.05, 0.1) is 10.7 Å². The van der Waals surface area contributed by atoms with Gasteiger partial charge in [-0.05, 0) is 6.07 Å². The number of nitrogen functional groups attached to an aromatic ring is 1. The minimum atomic E-state index is -2.80. The van der Waals surface area contributed by atoms with E-state index in [2.05, 4.69) is 10.3 Å². The molecule has 4 N–H and O–H groups in total. The maximum atomic E-state index is 11.9. The maximum absolute atomic E-state index is 11.9. The van der Waals surface area contributed by atoms with E-state index in [0.717, 1.165) is 0 Å². The summed E-state index contributed by atoms with van der Waals surface area (Å²) in [5.41, 5.74) is 5.74. The minimum Gasteiger partial charge on any atom is -0.396 e. The Bertz CT molecular complexity index is 338. The summed E-state index contributed by atoms with van der Waals surface area (Å²) in [6.45, 7) is -0.323. The second-order valence-corrected chi connectivity index (χ2v) is 3.31. The third-order valence-corrected chi connectivity index (χ3v) is 1.86. The van der Waals surface area contributed by atoms with Gasteiger partial charge in [0.1, 0.15) is 11.9 Å². The fourth-order valence-corrected chi connectivity index (χ4v) is 1.06. The summed E-state index contributed by atoms with van der Waals surface area (Å²) >= 11 is 5.59. The van der Waals surface area contributed by atoms with E-state index in [4.69, 9.17) is 22.4 Å². The van der Waals surface area contributed by atoms with Crippen molar-refractivity contribution in [1.82, 2.24) is 4.98 Å². The molecular formula is C8H10ClF2N3O. The number of alkyl halides is 2. The summed E-state index contributed by atoms with van der Waals surface area (Å²) in [6, 6.07) is 1.44. The normalized spacial score (nSPS) is 12.9. The minimum absolute atomic E-state index is 0.221. The molecule has 4 nitrogen and oxygen atoms in total. The first-order chi connectivity index (χ1) is 7.00. The van der Waals surface area contributed by atoms with Gasteiger partial charge in [0.2, 0.25) is 0 Å². The Morgan fingerprint density at radius 3 is 2.80 bits per heavy atom. The Hall–Kier alpha value is -1.14. The molecule has 0 aliphatic rings. The van der Waals surface area contributed by atoms with Gasteiger partial charge >= 0.3 is 0 Å². The maximum Gasteiger partial charge on any atom is 0.265 e. The molecule has 0 bridgehead atoms. The molecule has 1 rings (SSSR count). The Morgan fingerprint density at radius 1 is 1.60 bits per heavy atom. The number of aromatic nitrogens is 1. The molecule has 7 heteroatoms. The van der Waals surface area contributed by atoms with E-state index in [1.54, 1.807) is 0 Å². The van der Waals surface area contributed by atoms with Gasteiger partial charge in [-0.25, -0.2) is 13.8 Å². The number of nitrogens with two attached hydrogens (primary N) is 1. The summed E-state index contributed by atoms with van der Waals surface area (Å²) in [7, 11) is 0. The van der Waals surface area contributed by atoms with Crippen molar-refractivity contribution in [1.29, 1.82) is 0 Å². The van der Waals surface area contributed by atoms with Crippen molar-refractivity contribution in [2.45, 2.75) is 12.5 Å². The van der Waals surface area contributed by atoms with E-state index < -0.39 is 12.5 Å². The monoisotopic (exact) mass is 237 g/mol. The lowest BCUT2D eigenvalue weighted by atomic mass is 10.3. The number of halogens is 3. The molecule has 0 spiro atoms. The van der Waals surface area contributed by atoms with Gasteiger partial charge in [-0.15, -0.1) is 0 Å². The third-order valence-electron chi connectivity index (χ3n) is 1.65. The predicted molar refractivity (Wildman–Crippen MR) is 54.2 cm³/mol. The standard InChI is InChI=1S/C8H10ClF2N3O/c9-4-1-5(12)8(13-2-4)14-3-6(15)7(10)11/h1-2,6-7,15H,3,12H2,(H,13,14). The van der Waals surface area contributed by atoms with Gasteiger partial charge in [0.25, 0.3) is 6.43 Å². The van der Waals surface area contributed by atoms with Crippen molar-refractivity contribution >= 4 is 23.1 Å². The van der Waals surface area contributed by atoms with Crippen LogP contribution in [0.1, 0.15) is 0 Å². The Kier molecular flexibility index (Phi) is 4.05. The number of hydrogen-bond donors (Lipinski definition) is 3. The molecular weight excluding hydrogens is 228 g/mol. The van der Waals surface area contributed by atoms with Crippen LogP contribution in [-0.4, -0.2) is 29.2 Å². The van der Waals surface area contributed by atoms with Crippen LogP contribution in [0.2, 0.25) is 5.02 Å². The van der Waals surface area contributed by atoms with Gasteiger partial charge in [-0.2, -0.15) is 0 Å².